The minimum atomic E-state index is -0.724. The van der Waals surface area contributed by atoms with E-state index in [9.17, 15) is 49.0 Å². The molecule has 0 fully saturated rings. The first-order valence-electron chi connectivity index (χ1n) is 17.6. The minimum absolute atomic E-state index is 0.00959. The van der Waals surface area contributed by atoms with Crippen LogP contribution in [-0.4, -0.2) is 99.1 Å². The lowest BCUT2D eigenvalue weighted by Gasteiger charge is -2.30. The summed E-state index contributed by atoms with van der Waals surface area (Å²) in [6.07, 6.45) is 0.365. The fourth-order valence-electron chi connectivity index (χ4n) is 7.18. The molecule has 0 atom stereocenters. The zero-order valence-electron chi connectivity index (χ0n) is 29.9. The first kappa shape index (κ1) is 37.1. The Kier molecular flexibility index (Phi) is 9.88. The van der Waals surface area contributed by atoms with Crippen molar-refractivity contribution in [3.8, 4) is 0 Å². The first-order valence-corrected chi connectivity index (χ1v) is 17.6. The summed E-state index contributed by atoms with van der Waals surface area (Å²) in [5.74, 6) is -3.10. The molecule has 16 heteroatoms. The molecule has 0 aliphatic carbocycles. The normalized spacial score (nSPS) is 13.4. The van der Waals surface area contributed by atoms with Gasteiger partial charge in [0.15, 0.2) is 5.78 Å². The number of carbonyl (C=O) groups is 6. The molecule has 5 amide bonds. The van der Waals surface area contributed by atoms with E-state index in [0.717, 1.165) is 15.9 Å². The van der Waals surface area contributed by atoms with Gasteiger partial charge in [-0.1, -0.05) is 36.4 Å². The van der Waals surface area contributed by atoms with Crippen LogP contribution in [0.1, 0.15) is 75.5 Å². The number of rotatable bonds is 14. The van der Waals surface area contributed by atoms with E-state index in [1.165, 1.54) is 54.3 Å². The summed E-state index contributed by atoms with van der Waals surface area (Å²) < 4.78 is 0. The van der Waals surface area contributed by atoms with Crippen LogP contribution >= 0.6 is 0 Å². The van der Waals surface area contributed by atoms with Gasteiger partial charge in [-0.25, -0.2) is 0 Å². The predicted molar refractivity (Wildman–Crippen MR) is 202 cm³/mol. The number of ketones is 1. The number of hydrogen-bond acceptors (Lipinski definition) is 11. The van der Waals surface area contributed by atoms with Gasteiger partial charge in [0.1, 0.15) is 0 Å². The molecule has 2 aliphatic rings. The number of nitro groups is 2. The summed E-state index contributed by atoms with van der Waals surface area (Å²) in [5.41, 5.74) is 0.662. The van der Waals surface area contributed by atoms with Crippen molar-refractivity contribution < 1.29 is 38.6 Å². The van der Waals surface area contributed by atoms with Crippen molar-refractivity contribution in [1.82, 2.24) is 20.0 Å². The van der Waals surface area contributed by atoms with Crippen LogP contribution in [-0.2, 0) is 0 Å². The third-order valence-electron chi connectivity index (χ3n) is 9.96. The maximum Gasteiger partial charge on any atom is 0.270 e. The van der Waals surface area contributed by atoms with Crippen LogP contribution in [0.5, 0.6) is 0 Å². The summed E-state index contributed by atoms with van der Waals surface area (Å²) in [4.78, 5) is 105. The van der Waals surface area contributed by atoms with Crippen molar-refractivity contribution >= 4 is 68.2 Å². The number of hydrogen-bond donors (Lipinski definition) is 1. The van der Waals surface area contributed by atoms with Crippen LogP contribution in [0.2, 0.25) is 0 Å². The highest BCUT2D eigenvalue weighted by atomic mass is 16.6. The Morgan fingerprint density at radius 1 is 0.625 bits per heavy atom. The number of Topliss-reactive ketones (excluding diaryl/α,β-unsaturated/α-hetero) is 1. The fraction of sp³-hybridized carbons (Fsp3) is 0.200. The Morgan fingerprint density at radius 2 is 1.11 bits per heavy atom. The van der Waals surface area contributed by atoms with Crippen LogP contribution in [0, 0.1) is 20.2 Å². The van der Waals surface area contributed by atoms with Crippen molar-refractivity contribution in [3.63, 3.8) is 0 Å². The molecule has 1 N–H and O–H groups in total. The van der Waals surface area contributed by atoms with Crippen molar-refractivity contribution in [2.24, 2.45) is 0 Å². The zero-order chi connectivity index (χ0) is 39.8. The molecule has 2 aliphatic heterocycles. The van der Waals surface area contributed by atoms with Gasteiger partial charge in [-0.15, -0.1) is 0 Å². The molecule has 0 saturated carbocycles. The van der Waals surface area contributed by atoms with Crippen molar-refractivity contribution in [2.45, 2.75) is 13.3 Å². The van der Waals surface area contributed by atoms with E-state index in [1.807, 2.05) is 0 Å². The number of carbonyl (C=O) groups excluding carboxylic acids is 6. The lowest BCUT2D eigenvalue weighted by Crippen LogP contribution is -2.46. The monoisotopic (exact) mass is 756 g/mol. The van der Waals surface area contributed by atoms with Gasteiger partial charge in [0.05, 0.1) is 21.0 Å². The Hall–Kier alpha value is -7.20. The summed E-state index contributed by atoms with van der Waals surface area (Å²) >= 11 is 0. The number of benzene rings is 5. The lowest BCUT2D eigenvalue weighted by molar-refractivity contribution is -0.384. The Morgan fingerprint density at radius 3 is 1.61 bits per heavy atom. The van der Waals surface area contributed by atoms with E-state index in [-0.39, 0.29) is 77.7 Å². The Bertz CT molecular complexity index is 2550. The summed E-state index contributed by atoms with van der Waals surface area (Å²) in [6.45, 7) is 1.71. The van der Waals surface area contributed by atoms with E-state index >= 15 is 0 Å². The number of nitrogens with zero attached hydrogens (tertiary/aromatic N) is 5. The zero-order valence-corrected chi connectivity index (χ0v) is 29.9. The van der Waals surface area contributed by atoms with Gasteiger partial charge in [-0.05, 0) is 54.9 Å². The second-order valence-electron chi connectivity index (χ2n) is 13.4. The standard InChI is InChI=1S/C40H32N6O10/c1-23(47)24-9-11-25(12-10-24)36(48)42(17-18-44-38(50)31-8-3-6-27-20-29(46(55)56)22-33(35(27)31)40(44)52)15-4-13-41-14-16-43-37(49)30-7-2-5-26-19-28(45(53)54)21-32(34(26)30)39(43)51/h2-3,5-12,19-22,41H,4,13-18H2,1H3. The number of imide groups is 2. The maximum atomic E-state index is 13.8. The van der Waals surface area contributed by atoms with Crippen LogP contribution in [0.4, 0.5) is 11.4 Å². The second-order valence-corrected chi connectivity index (χ2v) is 13.4. The van der Waals surface area contributed by atoms with Crippen molar-refractivity contribution in [3.05, 3.63) is 139 Å². The number of nitro benzene ring substituents is 2. The quantitative estimate of drug-likeness (QED) is 0.0522. The molecule has 0 saturated heterocycles. The van der Waals surface area contributed by atoms with E-state index in [4.69, 9.17) is 0 Å². The number of amides is 5. The molecule has 0 radical (unpaired) electrons. The third-order valence-corrected chi connectivity index (χ3v) is 9.96. The molecule has 0 aromatic heterocycles. The van der Waals surface area contributed by atoms with Gasteiger partial charge in [-0.3, -0.25) is 58.8 Å². The topological polar surface area (TPSA) is 210 Å². The SMILES string of the molecule is CC(=O)c1ccc(C(=O)N(CCCNCCN2C(=O)c3cccc4cc([N+](=O)[O-])cc(c34)C2=O)CCN2C(=O)c3cccc4cc([N+](=O)[O-])cc(c34)C2=O)cc1. The van der Waals surface area contributed by atoms with Gasteiger partial charge in [0, 0.05) is 90.0 Å². The molecular formula is C40H32N6O10. The average Bonchev–Trinajstić information content (AvgIpc) is 3.19. The number of non-ortho nitro benzene ring substituents is 2. The van der Waals surface area contributed by atoms with Crippen LogP contribution in [0.3, 0.4) is 0 Å². The van der Waals surface area contributed by atoms with Gasteiger partial charge in [-0.2, -0.15) is 0 Å². The maximum absolute atomic E-state index is 13.8. The van der Waals surface area contributed by atoms with Crippen LogP contribution in [0.25, 0.3) is 21.5 Å². The molecule has 282 valence electrons. The summed E-state index contributed by atoms with van der Waals surface area (Å²) in [5, 5.41) is 27.8. The number of nitrogens with one attached hydrogen (secondary N) is 1. The predicted octanol–water partition coefficient (Wildman–Crippen LogP) is 5.03. The highest BCUT2D eigenvalue weighted by Gasteiger charge is 2.36. The van der Waals surface area contributed by atoms with Crippen molar-refractivity contribution in [1.29, 1.82) is 0 Å². The molecule has 2 heterocycles. The summed E-state index contributed by atoms with van der Waals surface area (Å²) in [7, 11) is 0. The molecular weight excluding hydrogens is 724 g/mol. The van der Waals surface area contributed by atoms with Gasteiger partial charge < -0.3 is 10.2 Å². The van der Waals surface area contributed by atoms with Gasteiger partial charge in [0.25, 0.3) is 40.9 Å². The molecule has 0 spiro atoms. The smallest absolute Gasteiger partial charge is 0.270 e. The summed E-state index contributed by atoms with van der Waals surface area (Å²) in [6, 6.07) is 20.5. The van der Waals surface area contributed by atoms with E-state index < -0.39 is 39.4 Å². The largest absolute Gasteiger partial charge is 0.337 e. The van der Waals surface area contributed by atoms with Gasteiger partial charge >= 0.3 is 0 Å². The Balaban J connectivity index is 1.03. The third kappa shape index (κ3) is 6.73. The van der Waals surface area contributed by atoms with Crippen LogP contribution < -0.4 is 5.32 Å². The van der Waals surface area contributed by atoms with E-state index in [1.54, 1.807) is 36.4 Å². The highest BCUT2D eigenvalue weighted by Crippen LogP contribution is 2.35. The minimum Gasteiger partial charge on any atom is -0.337 e. The molecule has 16 nitrogen and oxygen atoms in total. The van der Waals surface area contributed by atoms with E-state index in [0.29, 0.717) is 40.1 Å². The van der Waals surface area contributed by atoms with E-state index in [2.05, 4.69) is 5.32 Å². The van der Waals surface area contributed by atoms with Crippen molar-refractivity contribution in [2.75, 3.05) is 39.3 Å². The molecule has 56 heavy (non-hydrogen) atoms. The van der Waals surface area contributed by atoms with Crippen LogP contribution in [0.15, 0.2) is 84.9 Å². The average molecular weight is 757 g/mol. The fourth-order valence-corrected chi connectivity index (χ4v) is 7.18. The lowest BCUT2D eigenvalue weighted by atomic mass is 9.93. The highest BCUT2D eigenvalue weighted by molar-refractivity contribution is 6.27. The molecule has 5 aromatic carbocycles. The Labute approximate surface area is 317 Å². The molecule has 5 aromatic rings. The molecule has 0 bridgehead atoms. The second kappa shape index (κ2) is 14.9. The van der Waals surface area contributed by atoms with Gasteiger partial charge in [0.2, 0.25) is 0 Å². The molecule has 7 rings (SSSR count). The first-order chi connectivity index (χ1) is 26.8. The molecule has 0 unspecified atom stereocenters.